The van der Waals surface area contributed by atoms with Crippen LogP contribution in [0.3, 0.4) is 0 Å². The molecule has 1 heterocycles. The number of β-lactam (4-membered cyclic amide) rings is 1. The molecule has 7 heteroatoms. The molecule has 1 amide bonds. The van der Waals surface area contributed by atoms with Crippen LogP contribution in [-0.4, -0.2) is 17.0 Å². The minimum Gasteiger partial charge on any atom is -0.508 e. The molecule has 0 bridgehead atoms. The van der Waals surface area contributed by atoms with E-state index in [1.165, 1.54) is 31.2 Å². The van der Waals surface area contributed by atoms with Crippen molar-refractivity contribution in [3.05, 3.63) is 95.6 Å². The van der Waals surface area contributed by atoms with Crippen molar-refractivity contribution in [1.29, 1.82) is 0 Å². The Labute approximate surface area is 190 Å². The zero-order valence-corrected chi connectivity index (χ0v) is 17.9. The Morgan fingerprint density at radius 3 is 2.12 bits per heavy atom. The van der Waals surface area contributed by atoms with Crippen LogP contribution in [0.2, 0.25) is 0 Å². The third-order valence-electron chi connectivity index (χ3n) is 5.84. The lowest BCUT2D eigenvalue weighted by Crippen LogP contribution is -2.55. The number of ether oxygens (including phenoxy) is 1. The predicted molar refractivity (Wildman–Crippen MR) is 118 cm³/mol. The van der Waals surface area contributed by atoms with Gasteiger partial charge in [0, 0.05) is 12.6 Å². The lowest BCUT2D eigenvalue weighted by molar-refractivity contribution is -0.147. The molecule has 0 spiro atoms. The average Bonchev–Trinajstić information content (AvgIpc) is 2.79. The minimum atomic E-state index is -0.615. The monoisotopic (exact) mass is 451 g/mol. The number of esters is 1. The third-order valence-corrected chi connectivity index (χ3v) is 5.84. The summed E-state index contributed by atoms with van der Waals surface area (Å²) < 4.78 is 32.2. The number of phenolic OH excluding ortho intramolecular Hbond substituents is 1. The topological polar surface area (TPSA) is 66.8 Å². The number of rotatable bonds is 7. The Hall–Kier alpha value is -3.74. The standard InChI is InChI=1S/C26H23F2NO4/c1-16(30)33-24(17-2-6-19(27)7-3-17)15-14-23-25(18-4-12-22(31)13-5-18)29(26(23)32)21-10-8-20(28)9-11-21/h2-13,23-25,31H,14-15H2,1H3/t23-,24+,25?/m1/s1. The van der Waals surface area contributed by atoms with Crippen molar-refractivity contribution in [1.82, 2.24) is 0 Å². The molecule has 1 saturated heterocycles. The fourth-order valence-corrected chi connectivity index (χ4v) is 4.27. The van der Waals surface area contributed by atoms with Crippen molar-refractivity contribution < 1.29 is 28.2 Å². The molecule has 3 aromatic carbocycles. The number of anilines is 1. The minimum absolute atomic E-state index is 0.112. The smallest absolute Gasteiger partial charge is 0.303 e. The molecule has 1 aliphatic heterocycles. The summed E-state index contributed by atoms with van der Waals surface area (Å²) in [5, 5.41) is 9.67. The zero-order chi connectivity index (χ0) is 23.5. The predicted octanol–water partition coefficient (Wildman–Crippen LogP) is 5.46. The summed E-state index contributed by atoms with van der Waals surface area (Å²) in [5.41, 5.74) is 2.05. The number of halogens is 2. The van der Waals surface area contributed by atoms with E-state index >= 15 is 0 Å². The van der Waals surface area contributed by atoms with Gasteiger partial charge in [-0.3, -0.25) is 9.59 Å². The molecule has 1 aliphatic rings. The van der Waals surface area contributed by atoms with E-state index < -0.39 is 29.6 Å². The first kappa shape index (κ1) is 22.5. The van der Waals surface area contributed by atoms with Gasteiger partial charge in [-0.05, 0) is 72.5 Å². The number of amides is 1. The van der Waals surface area contributed by atoms with Crippen molar-refractivity contribution in [2.24, 2.45) is 5.92 Å². The molecule has 0 saturated carbocycles. The first-order valence-electron chi connectivity index (χ1n) is 10.6. The number of carbonyl (C=O) groups excluding carboxylic acids is 2. The molecule has 0 aromatic heterocycles. The van der Waals surface area contributed by atoms with Gasteiger partial charge in [0.05, 0.1) is 12.0 Å². The number of carbonyl (C=O) groups is 2. The number of benzene rings is 3. The molecule has 1 unspecified atom stereocenters. The molecular weight excluding hydrogens is 428 g/mol. The van der Waals surface area contributed by atoms with Crippen molar-refractivity contribution >= 4 is 17.6 Å². The molecular formula is C26H23F2NO4. The molecule has 3 aromatic rings. The van der Waals surface area contributed by atoms with Gasteiger partial charge in [0.2, 0.25) is 5.91 Å². The lowest BCUT2D eigenvalue weighted by atomic mass is 9.78. The maximum atomic E-state index is 13.4. The van der Waals surface area contributed by atoms with Crippen LogP contribution in [0.25, 0.3) is 0 Å². The second-order valence-corrected chi connectivity index (χ2v) is 8.05. The van der Waals surface area contributed by atoms with E-state index in [1.54, 1.807) is 53.4 Å². The van der Waals surface area contributed by atoms with Crippen molar-refractivity contribution in [2.45, 2.75) is 31.9 Å². The summed E-state index contributed by atoms with van der Waals surface area (Å²) in [4.78, 5) is 26.4. The Bertz CT molecular complexity index is 1130. The van der Waals surface area contributed by atoms with Gasteiger partial charge in [0.1, 0.15) is 23.5 Å². The summed E-state index contributed by atoms with van der Waals surface area (Å²) in [6.45, 7) is 1.31. The molecule has 4 rings (SSSR count). The summed E-state index contributed by atoms with van der Waals surface area (Å²) in [7, 11) is 0. The highest BCUT2D eigenvalue weighted by Gasteiger charge is 2.48. The van der Waals surface area contributed by atoms with Gasteiger partial charge < -0.3 is 14.7 Å². The van der Waals surface area contributed by atoms with Crippen molar-refractivity contribution in [2.75, 3.05) is 4.90 Å². The number of nitrogens with zero attached hydrogens (tertiary/aromatic N) is 1. The first-order valence-corrected chi connectivity index (χ1v) is 10.6. The van der Waals surface area contributed by atoms with Crippen LogP contribution in [0, 0.1) is 17.6 Å². The van der Waals surface area contributed by atoms with Gasteiger partial charge in [-0.2, -0.15) is 0 Å². The normalized spacial score (nSPS) is 18.5. The number of aromatic hydroxyl groups is 1. The fraction of sp³-hybridized carbons (Fsp3) is 0.231. The van der Waals surface area contributed by atoms with E-state index in [1.807, 2.05) is 0 Å². The van der Waals surface area contributed by atoms with Crippen LogP contribution in [0.5, 0.6) is 5.75 Å². The fourth-order valence-electron chi connectivity index (χ4n) is 4.27. The van der Waals surface area contributed by atoms with Crippen LogP contribution in [0.1, 0.15) is 43.0 Å². The maximum absolute atomic E-state index is 13.4. The van der Waals surface area contributed by atoms with E-state index in [2.05, 4.69) is 0 Å². The Balaban J connectivity index is 1.58. The van der Waals surface area contributed by atoms with Crippen LogP contribution in [0.4, 0.5) is 14.5 Å². The van der Waals surface area contributed by atoms with Crippen LogP contribution in [0.15, 0.2) is 72.8 Å². The van der Waals surface area contributed by atoms with Crippen molar-refractivity contribution in [3.8, 4) is 5.75 Å². The highest BCUT2D eigenvalue weighted by atomic mass is 19.1. The van der Waals surface area contributed by atoms with Gasteiger partial charge in [0.15, 0.2) is 0 Å². The molecule has 1 N–H and O–H groups in total. The number of hydrogen-bond acceptors (Lipinski definition) is 4. The highest BCUT2D eigenvalue weighted by Crippen LogP contribution is 2.46. The molecule has 33 heavy (non-hydrogen) atoms. The quantitative estimate of drug-likeness (QED) is 0.383. The van der Waals surface area contributed by atoms with Crippen LogP contribution >= 0.6 is 0 Å². The third kappa shape index (κ3) is 4.87. The van der Waals surface area contributed by atoms with Gasteiger partial charge >= 0.3 is 5.97 Å². The van der Waals surface area contributed by atoms with Gasteiger partial charge in [-0.25, -0.2) is 8.78 Å². The second-order valence-electron chi connectivity index (χ2n) is 8.05. The second kappa shape index (κ2) is 9.40. The molecule has 5 nitrogen and oxygen atoms in total. The SMILES string of the molecule is CC(=O)O[C@@H](CC[C@H]1C(=O)N(c2ccc(F)cc2)C1c1ccc(O)cc1)c1ccc(F)cc1. The Morgan fingerprint density at radius 2 is 1.55 bits per heavy atom. The van der Waals surface area contributed by atoms with E-state index in [4.69, 9.17) is 4.74 Å². The lowest BCUT2D eigenvalue weighted by Gasteiger charge is -2.48. The largest absolute Gasteiger partial charge is 0.508 e. The first-order chi connectivity index (χ1) is 15.8. The Kier molecular flexibility index (Phi) is 6.40. The van der Waals surface area contributed by atoms with Gasteiger partial charge in [0.25, 0.3) is 0 Å². The number of hydrogen-bond donors (Lipinski definition) is 1. The molecule has 170 valence electrons. The van der Waals surface area contributed by atoms with Crippen molar-refractivity contribution in [3.63, 3.8) is 0 Å². The highest BCUT2D eigenvalue weighted by molar-refractivity contribution is 6.03. The summed E-state index contributed by atoms with van der Waals surface area (Å²) in [6, 6.07) is 17.7. The average molecular weight is 451 g/mol. The molecule has 0 radical (unpaired) electrons. The van der Waals surface area contributed by atoms with Crippen LogP contribution < -0.4 is 4.90 Å². The van der Waals surface area contributed by atoms with E-state index in [0.717, 1.165) is 5.56 Å². The van der Waals surface area contributed by atoms with E-state index in [0.29, 0.717) is 24.1 Å². The molecule has 1 fully saturated rings. The zero-order valence-electron chi connectivity index (χ0n) is 17.9. The maximum Gasteiger partial charge on any atom is 0.303 e. The van der Waals surface area contributed by atoms with E-state index in [9.17, 15) is 23.5 Å². The number of phenols is 1. The van der Waals surface area contributed by atoms with E-state index in [-0.39, 0.29) is 17.7 Å². The molecule has 3 atom stereocenters. The molecule has 0 aliphatic carbocycles. The van der Waals surface area contributed by atoms with Gasteiger partial charge in [-0.15, -0.1) is 0 Å². The summed E-state index contributed by atoms with van der Waals surface area (Å²) >= 11 is 0. The Morgan fingerprint density at radius 1 is 0.970 bits per heavy atom. The van der Waals surface area contributed by atoms with Crippen LogP contribution in [-0.2, 0) is 14.3 Å². The summed E-state index contributed by atoms with van der Waals surface area (Å²) in [5.74, 6) is -1.67. The van der Waals surface area contributed by atoms with Gasteiger partial charge in [-0.1, -0.05) is 24.3 Å². The summed E-state index contributed by atoms with van der Waals surface area (Å²) in [6.07, 6.45) is 0.168.